The van der Waals surface area contributed by atoms with Gasteiger partial charge in [0.05, 0.1) is 0 Å². The predicted octanol–water partition coefficient (Wildman–Crippen LogP) is 2.73. The van der Waals surface area contributed by atoms with Crippen molar-refractivity contribution in [1.29, 1.82) is 0 Å². The SMILES string of the molecule is CCCN(CCC)c1cc(C(=O)N2CCCCC2)ncn1. The molecule has 0 atom stereocenters. The van der Waals surface area contributed by atoms with Crippen LogP contribution in [0.15, 0.2) is 12.4 Å². The van der Waals surface area contributed by atoms with Gasteiger partial charge in [0.2, 0.25) is 0 Å². The minimum Gasteiger partial charge on any atom is -0.357 e. The predicted molar refractivity (Wildman–Crippen MR) is 84.6 cm³/mol. The largest absolute Gasteiger partial charge is 0.357 e. The van der Waals surface area contributed by atoms with Crippen LogP contribution < -0.4 is 4.90 Å². The van der Waals surface area contributed by atoms with Crippen LogP contribution in [-0.4, -0.2) is 47.0 Å². The van der Waals surface area contributed by atoms with E-state index in [9.17, 15) is 4.79 Å². The maximum atomic E-state index is 12.5. The monoisotopic (exact) mass is 290 g/mol. The van der Waals surface area contributed by atoms with Gasteiger partial charge in [-0.3, -0.25) is 4.79 Å². The summed E-state index contributed by atoms with van der Waals surface area (Å²) in [5.74, 6) is 0.917. The number of nitrogens with zero attached hydrogens (tertiary/aromatic N) is 4. The molecular formula is C16H26N4O. The normalized spacial score (nSPS) is 15.0. The summed E-state index contributed by atoms with van der Waals surface area (Å²) in [4.78, 5) is 25.2. The molecule has 5 nitrogen and oxygen atoms in total. The van der Waals surface area contributed by atoms with E-state index in [1.807, 2.05) is 11.0 Å². The molecule has 1 amide bonds. The van der Waals surface area contributed by atoms with E-state index >= 15 is 0 Å². The highest BCUT2D eigenvalue weighted by Crippen LogP contribution is 2.16. The maximum absolute atomic E-state index is 12.5. The molecule has 0 N–H and O–H groups in total. The number of amides is 1. The van der Waals surface area contributed by atoms with Gasteiger partial charge < -0.3 is 9.80 Å². The summed E-state index contributed by atoms with van der Waals surface area (Å²) in [6.07, 6.45) is 7.08. The van der Waals surface area contributed by atoms with Crippen LogP contribution in [0.25, 0.3) is 0 Å². The fraction of sp³-hybridized carbons (Fsp3) is 0.688. The Bertz CT molecular complexity index is 451. The van der Waals surface area contributed by atoms with Gasteiger partial charge >= 0.3 is 0 Å². The van der Waals surface area contributed by atoms with E-state index in [1.54, 1.807) is 0 Å². The molecule has 0 aromatic carbocycles. The van der Waals surface area contributed by atoms with Crippen molar-refractivity contribution in [2.24, 2.45) is 0 Å². The average Bonchev–Trinajstić information content (AvgIpc) is 2.55. The zero-order chi connectivity index (χ0) is 15.1. The Morgan fingerprint density at radius 1 is 1.14 bits per heavy atom. The number of carbonyl (C=O) groups excluding carboxylic acids is 1. The lowest BCUT2D eigenvalue weighted by Gasteiger charge is -2.27. The molecule has 1 aliphatic rings. The van der Waals surface area contributed by atoms with Crippen molar-refractivity contribution in [2.45, 2.75) is 46.0 Å². The van der Waals surface area contributed by atoms with Crippen LogP contribution in [0.3, 0.4) is 0 Å². The Balaban J connectivity index is 2.13. The average molecular weight is 290 g/mol. The lowest BCUT2D eigenvalue weighted by Crippen LogP contribution is -2.36. The summed E-state index contributed by atoms with van der Waals surface area (Å²) in [7, 11) is 0. The van der Waals surface area contributed by atoms with E-state index in [0.717, 1.165) is 57.7 Å². The number of aromatic nitrogens is 2. The van der Waals surface area contributed by atoms with Crippen molar-refractivity contribution in [3.05, 3.63) is 18.1 Å². The Morgan fingerprint density at radius 3 is 2.43 bits per heavy atom. The molecule has 0 saturated carbocycles. The van der Waals surface area contributed by atoms with E-state index < -0.39 is 0 Å². The minimum atomic E-state index is 0.0475. The van der Waals surface area contributed by atoms with Crippen molar-refractivity contribution in [3.63, 3.8) is 0 Å². The Kier molecular flexibility index (Phi) is 5.96. The van der Waals surface area contributed by atoms with Gasteiger partial charge in [-0.25, -0.2) is 9.97 Å². The van der Waals surface area contributed by atoms with E-state index in [1.165, 1.54) is 12.7 Å². The number of hydrogen-bond donors (Lipinski definition) is 0. The lowest BCUT2D eigenvalue weighted by molar-refractivity contribution is 0.0718. The highest BCUT2D eigenvalue weighted by molar-refractivity contribution is 5.93. The first-order valence-corrected chi connectivity index (χ1v) is 8.12. The molecule has 1 aliphatic heterocycles. The molecule has 2 rings (SSSR count). The molecule has 0 aliphatic carbocycles. The van der Waals surface area contributed by atoms with Crippen LogP contribution in [0.2, 0.25) is 0 Å². The Morgan fingerprint density at radius 2 is 1.81 bits per heavy atom. The number of anilines is 1. The third-order valence-electron chi connectivity index (χ3n) is 3.83. The van der Waals surface area contributed by atoms with Gasteiger partial charge in [0, 0.05) is 32.2 Å². The zero-order valence-electron chi connectivity index (χ0n) is 13.2. The van der Waals surface area contributed by atoms with Crippen LogP contribution in [0.1, 0.15) is 56.4 Å². The van der Waals surface area contributed by atoms with Crippen LogP contribution >= 0.6 is 0 Å². The van der Waals surface area contributed by atoms with Gasteiger partial charge in [-0.15, -0.1) is 0 Å². The van der Waals surface area contributed by atoms with E-state index in [0.29, 0.717) is 5.69 Å². The van der Waals surface area contributed by atoms with Crippen LogP contribution in [-0.2, 0) is 0 Å². The molecule has 5 heteroatoms. The first-order chi connectivity index (χ1) is 10.3. The smallest absolute Gasteiger partial charge is 0.272 e. The number of likely N-dealkylation sites (tertiary alicyclic amines) is 1. The highest BCUT2D eigenvalue weighted by Gasteiger charge is 2.20. The molecule has 0 radical (unpaired) electrons. The van der Waals surface area contributed by atoms with Crippen LogP contribution in [0, 0.1) is 0 Å². The highest BCUT2D eigenvalue weighted by atomic mass is 16.2. The molecular weight excluding hydrogens is 264 g/mol. The fourth-order valence-electron chi connectivity index (χ4n) is 2.78. The second-order valence-corrected chi connectivity index (χ2v) is 5.60. The summed E-state index contributed by atoms with van der Waals surface area (Å²) in [6, 6.07) is 1.85. The second kappa shape index (κ2) is 7.96. The summed E-state index contributed by atoms with van der Waals surface area (Å²) in [5, 5.41) is 0. The van der Waals surface area contributed by atoms with Crippen molar-refractivity contribution < 1.29 is 4.79 Å². The molecule has 2 heterocycles. The lowest BCUT2D eigenvalue weighted by atomic mass is 10.1. The van der Waals surface area contributed by atoms with Gasteiger partial charge in [-0.1, -0.05) is 13.8 Å². The molecule has 0 bridgehead atoms. The van der Waals surface area contributed by atoms with Crippen LogP contribution in [0.5, 0.6) is 0 Å². The third kappa shape index (κ3) is 4.16. The Labute approximate surface area is 127 Å². The molecule has 1 saturated heterocycles. The summed E-state index contributed by atoms with van der Waals surface area (Å²) >= 11 is 0. The molecule has 1 aromatic rings. The second-order valence-electron chi connectivity index (χ2n) is 5.60. The van der Waals surface area contributed by atoms with Gasteiger partial charge in [-0.2, -0.15) is 0 Å². The first kappa shape index (κ1) is 15.7. The number of rotatable bonds is 6. The molecule has 116 valence electrons. The first-order valence-electron chi connectivity index (χ1n) is 8.12. The number of hydrogen-bond acceptors (Lipinski definition) is 4. The molecule has 1 fully saturated rings. The fourth-order valence-corrected chi connectivity index (χ4v) is 2.78. The molecule has 0 unspecified atom stereocenters. The van der Waals surface area contributed by atoms with Crippen molar-refractivity contribution >= 4 is 11.7 Å². The van der Waals surface area contributed by atoms with Gasteiger partial charge in [0.25, 0.3) is 5.91 Å². The molecule has 1 aromatic heterocycles. The third-order valence-corrected chi connectivity index (χ3v) is 3.83. The van der Waals surface area contributed by atoms with E-state index in [4.69, 9.17) is 0 Å². The summed E-state index contributed by atoms with van der Waals surface area (Å²) in [6.45, 7) is 7.94. The van der Waals surface area contributed by atoms with Gasteiger partial charge in [0.15, 0.2) is 0 Å². The zero-order valence-corrected chi connectivity index (χ0v) is 13.2. The van der Waals surface area contributed by atoms with E-state index in [2.05, 4.69) is 28.7 Å². The topological polar surface area (TPSA) is 49.3 Å². The standard InChI is InChI=1S/C16H26N4O/c1-3-8-19(9-4-2)15-12-14(17-13-18-15)16(21)20-10-6-5-7-11-20/h12-13H,3-11H2,1-2H3. The number of carbonyl (C=O) groups is 1. The maximum Gasteiger partial charge on any atom is 0.272 e. The van der Waals surface area contributed by atoms with Crippen molar-refractivity contribution in [2.75, 3.05) is 31.1 Å². The van der Waals surface area contributed by atoms with Crippen molar-refractivity contribution in [3.8, 4) is 0 Å². The molecule has 0 spiro atoms. The quantitative estimate of drug-likeness (QED) is 0.808. The van der Waals surface area contributed by atoms with E-state index in [-0.39, 0.29) is 5.91 Å². The Hall–Kier alpha value is -1.65. The number of piperidine rings is 1. The summed E-state index contributed by atoms with van der Waals surface area (Å²) < 4.78 is 0. The van der Waals surface area contributed by atoms with Crippen molar-refractivity contribution in [1.82, 2.24) is 14.9 Å². The van der Waals surface area contributed by atoms with Gasteiger partial charge in [-0.05, 0) is 32.1 Å². The van der Waals surface area contributed by atoms with Crippen LogP contribution in [0.4, 0.5) is 5.82 Å². The molecule has 21 heavy (non-hydrogen) atoms. The van der Waals surface area contributed by atoms with Gasteiger partial charge in [0.1, 0.15) is 17.8 Å². The minimum absolute atomic E-state index is 0.0475. The summed E-state index contributed by atoms with van der Waals surface area (Å²) in [5.41, 5.74) is 0.527.